The van der Waals surface area contributed by atoms with Gasteiger partial charge in [0.1, 0.15) is 0 Å². The van der Waals surface area contributed by atoms with E-state index in [2.05, 4.69) is 10.0 Å². The molecule has 0 aromatic rings. The normalized spacial score (nSPS) is 21.8. The molecule has 94 valence electrons. The van der Waals surface area contributed by atoms with Crippen molar-refractivity contribution in [3.05, 3.63) is 22.5 Å². The number of rotatable bonds is 5. The van der Waals surface area contributed by atoms with Crippen LogP contribution in [-0.4, -0.2) is 24.9 Å². The van der Waals surface area contributed by atoms with Crippen molar-refractivity contribution in [2.45, 2.75) is 51.7 Å². The van der Waals surface area contributed by atoms with Gasteiger partial charge in [-0.2, -0.15) is 0 Å². The van der Waals surface area contributed by atoms with Crippen molar-refractivity contribution in [3.8, 4) is 0 Å². The molecule has 0 amide bonds. The average molecular weight is 237 g/mol. The molecule has 0 unspecified atom stereocenters. The second kappa shape index (κ2) is 5.58. The van der Waals surface area contributed by atoms with Gasteiger partial charge in [-0.25, -0.2) is 0 Å². The Kier molecular flexibility index (Phi) is 4.63. The van der Waals surface area contributed by atoms with E-state index in [1.54, 1.807) is 0 Å². The lowest BCUT2D eigenvalue weighted by atomic mass is 9.89. The third kappa shape index (κ3) is 3.77. The molecular formula is C11H20BN3O2. The van der Waals surface area contributed by atoms with E-state index in [4.69, 9.17) is 14.8 Å². The lowest BCUT2D eigenvalue weighted by Gasteiger charge is -2.32. The molecule has 0 aromatic heterocycles. The number of hydrogen-bond donors (Lipinski definition) is 0. The highest BCUT2D eigenvalue weighted by Crippen LogP contribution is 2.36. The van der Waals surface area contributed by atoms with E-state index in [9.17, 15) is 0 Å². The van der Waals surface area contributed by atoms with Crippen LogP contribution in [0.4, 0.5) is 0 Å². The van der Waals surface area contributed by atoms with Crippen molar-refractivity contribution in [3.63, 3.8) is 0 Å². The zero-order valence-electron chi connectivity index (χ0n) is 11.0. The van der Waals surface area contributed by atoms with E-state index in [0.717, 1.165) is 12.8 Å². The summed E-state index contributed by atoms with van der Waals surface area (Å²) in [6, 6.07) is 0. The molecule has 5 nitrogen and oxygen atoms in total. The molecule has 17 heavy (non-hydrogen) atoms. The third-order valence-corrected chi connectivity index (χ3v) is 3.26. The molecule has 0 spiro atoms. The molecule has 0 N–H and O–H groups in total. The molecule has 1 heterocycles. The summed E-state index contributed by atoms with van der Waals surface area (Å²) in [6.07, 6.45) is 3.72. The number of hydrogen-bond acceptors (Lipinski definition) is 3. The van der Waals surface area contributed by atoms with Crippen molar-refractivity contribution in [1.82, 2.24) is 0 Å². The van der Waals surface area contributed by atoms with Crippen LogP contribution in [0.5, 0.6) is 0 Å². The van der Waals surface area contributed by atoms with Crippen molar-refractivity contribution in [2.75, 3.05) is 6.54 Å². The van der Waals surface area contributed by atoms with Gasteiger partial charge in [-0.3, -0.25) is 0 Å². The molecule has 0 aromatic carbocycles. The lowest BCUT2D eigenvalue weighted by Crippen LogP contribution is -2.41. The van der Waals surface area contributed by atoms with Crippen LogP contribution < -0.4 is 0 Å². The second-order valence-corrected chi connectivity index (χ2v) is 5.15. The minimum absolute atomic E-state index is 0.278. The molecule has 0 atom stereocenters. The standard InChI is InChI=1S/C11H20BN3O2/c1-10(2)11(3,4)17-12(16-10)8-6-5-7-9-14-15-13/h6,8H,5,7,9H2,1-4H3/b8-6+. The highest BCUT2D eigenvalue weighted by Gasteiger charge is 2.49. The summed E-state index contributed by atoms with van der Waals surface area (Å²) in [5, 5.41) is 3.47. The summed E-state index contributed by atoms with van der Waals surface area (Å²) in [4.78, 5) is 2.70. The molecule has 1 rings (SSSR count). The van der Waals surface area contributed by atoms with Gasteiger partial charge in [0.15, 0.2) is 0 Å². The summed E-state index contributed by atoms with van der Waals surface area (Å²) in [5.74, 6) is 1.92. The minimum Gasteiger partial charge on any atom is -0.400 e. The summed E-state index contributed by atoms with van der Waals surface area (Å²) < 4.78 is 11.6. The van der Waals surface area contributed by atoms with Gasteiger partial charge in [0.25, 0.3) is 0 Å². The SMILES string of the molecule is CC1(C)OB(/C=C/CCCN=[N+]=[N-])OC1(C)C. The Morgan fingerprint density at radius 2 is 1.82 bits per heavy atom. The van der Waals surface area contributed by atoms with Crippen LogP contribution in [-0.2, 0) is 9.31 Å². The zero-order chi connectivity index (χ0) is 12.9. The van der Waals surface area contributed by atoms with E-state index >= 15 is 0 Å². The van der Waals surface area contributed by atoms with Crippen LogP contribution in [0.25, 0.3) is 10.4 Å². The summed E-state index contributed by atoms with van der Waals surface area (Å²) in [5.41, 5.74) is 7.54. The number of azide groups is 1. The van der Waals surface area contributed by atoms with Crippen LogP contribution in [0, 0.1) is 0 Å². The predicted octanol–water partition coefficient (Wildman–Crippen LogP) is 3.26. The molecule has 1 fully saturated rings. The molecule has 1 aliphatic rings. The lowest BCUT2D eigenvalue weighted by molar-refractivity contribution is 0.00578. The molecule has 6 heteroatoms. The van der Waals surface area contributed by atoms with Gasteiger partial charge in [-0.05, 0) is 46.1 Å². The fourth-order valence-corrected chi connectivity index (χ4v) is 1.50. The number of allylic oxidation sites excluding steroid dienone is 1. The number of unbranched alkanes of at least 4 members (excludes halogenated alkanes) is 1. The van der Waals surface area contributed by atoms with Crippen LogP contribution >= 0.6 is 0 Å². The molecule has 0 aliphatic carbocycles. The van der Waals surface area contributed by atoms with Crippen molar-refractivity contribution in [2.24, 2.45) is 5.11 Å². The van der Waals surface area contributed by atoms with Gasteiger partial charge >= 0.3 is 7.12 Å². The highest BCUT2D eigenvalue weighted by atomic mass is 16.7. The first-order valence-electron chi connectivity index (χ1n) is 5.92. The summed E-state index contributed by atoms with van der Waals surface area (Å²) in [7, 11) is -0.278. The Balaban J connectivity index is 2.35. The summed E-state index contributed by atoms with van der Waals surface area (Å²) >= 11 is 0. The predicted molar refractivity (Wildman–Crippen MR) is 68.5 cm³/mol. The average Bonchev–Trinajstić information content (AvgIpc) is 2.41. The Bertz CT molecular complexity index is 320. The van der Waals surface area contributed by atoms with Crippen molar-refractivity contribution >= 4 is 7.12 Å². The van der Waals surface area contributed by atoms with Gasteiger partial charge < -0.3 is 9.31 Å². The van der Waals surface area contributed by atoms with Crippen molar-refractivity contribution in [1.29, 1.82) is 0 Å². The Morgan fingerprint density at radius 3 is 2.35 bits per heavy atom. The maximum atomic E-state index is 8.11. The van der Waals surface area contributed by atoms with E-state index in [1.807, 2.05) is 39.7 Å². The van der Waals surface area contributed by atoms with Gasteiger partial charge in [0.05, 0.1) is 11.2 Å². The van der Waals surface area contributed by atoms with Gasteiger partial charge in [-0.15, -0.1) is 0 Å². The first-order chi connectivity index (χ1) is 7.89. The topological polar surface area (TPSA) is 67.2 Å². The molecule has 0 radical (unpaired) electrons. The maximum absolute atomic E-state index is 8.11. The Hall–Kier alpha value is -0.965. The van der Waals surface area contributed by atoms with Gasteiger partial charge in [-0.1, -0.05) is 17.2 Å². The Labute approximate surface area is 103 Å². The molecule has 0 saturated carbocycles. The first kappa shape index (κ1) is 14.1. The van der Waals surface area contributed by atoms with E-state index in [1.165, 1.54) is 0 Å². The molecule has 0 bridgehead atoms. The maximum Gasteiger partial charge on any atom is 0.486 e. The third-order valence-electron chi connectivity index (χ3n) is 3.26. The monoisotopic (exact) mass is 237 g/mol. The number of nitrogens with zero attached hydrogens (tertiary/aromatic N) is 3. The minimum atomic E-state index is -0.285. The van der Waals surface area contributed by atoms with Gasteiger partial charge in [0, 0.05) is 11.5 Å². The fourth-order valence-electron chi connectivity index (χ4n) is 1.50. The molecule has 1 aliphatic heterocycles. The van der Waals surface area contributed by atoms with E-state index in [0.29, 0.717) is 6.54 Å². The Morgan fingerprint density at radius 1 is 1.24 bits per heavy atom. The van der Waals surface area contributed by atoms with E-state index < -0.39 is 0 Å². The van der Waals surface area contributed by atoms with E-state index in [-0.39, 0.29) is 18.3 Å². The summed E-state index contributed by atoms with van der Waals surface area (Å²) in [6.45, 7) is 8.65. The van der Waals surface area contributed by atoms with Crippen LogP contribution in [0.2, 0.25) is 0 Å². The zero-order valence-corrected chi connectivity index (χ0v) is 11.0. The smallest absolute Gasteiger partial charge is 0.400 e. The van der Waals surface area contributed by atoms with Gasteiger partial charge in [0.2, 0.25) is 0 Å². The largest absolute Gasteiger partial charge is 0.486 e. The quantitative estimate of drug-likeness (QED) is 0.242. The molecular weight excluding hydrogens is 217 g/mol. The van der Waals surface area contributed by atoms with Crippen LogP contribution in [0.15, 0.2) is 17.2 Å². The second-order valence-electron chi connectivity index (χ2n) is 5.15. The molecule has 1 saturated heterocycles. The first-order valence-corrected chi connectivity index (χ1v) is 5.92. The highest BCUT2D eigenvalue weighted by molar-refractivity contribution is 6.51. The van der Waals surface area contributed by atoms with Crippen LogP contribution in [0.1, 0.15) is 40.5 Å². The fraction of sp³-hybridized carbons (Fsp3) is 0.818. The van der Waals surface area contributed by atoms with Crippen LogP contribution in [0.3, 0.4) is 0 Å². The van der Waals surface area contributed by atoms with Crippen molar-refractivity contribution < 1.29 is 9.31 Å².